The lowest BCUT2D eigenvalue weighted by Gasteiger charge is -2.10. The van der Waals surface area contributed by atoms with Crippen LogP contribution in [0.4, 0.5) is 4.39 Å². The molecule has 1 amide bonds. The van der Waals surface area contributed by atoms with E-state index in [9.17, 15) is 9.18 Å². The average molecular weight is 343 g/mol. The summed E-state index contributed by atoms with van der Waals surface area (Å²) in [6, 6.07) is 11.6. The lowest BCUT2D eigenvalue weighted by Crippen LogP contribution is -2.22. The summed E-state index contributed by atoms with van der Waals surface area (Å²) >= 11 is 0. The Morgan fingerprint density at radius 1 is 1.24 bits per heavy atom. The molecule has 25 heavy (non-hydrogen) atoms. The van der Waals surface area contributed by atoms with Crippen molar-refractivity contribution in [2.24, 2.45) is 0 Å². The molecule has 0 unspecified atom stereocenters. The number of rotatable bonds is 7. The van der Waals surface area contributed by atoms with Crippen LogP contribution in [-0.2, 0) is 16.1 Å². The molecule has 0 radical (unpaired) electrons. The third-order valence-corrected chi connectivity index (χ3v) is 3.67. The van der Waals surface area contributed by atoms with Gasteiger partial charge in [0.15, 0.2) is 0 Å². The maximum absolute atomic E-state index is 13.9. The summed E-state index contributed by atoms with van der Waals surface area (Å²) < 4.78 is 25.6. The van der Waals surface area contributed by atoms with E-state index in [0.29, 0.717) is 24.3 Å². The summed E-state index contributed by atoms with van der Waals surface area (Å²) in [6.07, 6.45) is 1.53. The van der Waals surface area contributed by atoms with Gasteiger partial charge in [0.1, 0.15) is 12.1 Å². The molecule has 3 aromatic rings. The standard InChI is InChI=1S/C18H18FN3O3/c1-24-8-9-25-11-14-10-13(6-7-15(14)19)18(23)21-22-12-20-16-4-2-3-5-17(16)22/h2-7,10,12H,8-9,11H2,1H3,(H,21,23). The molecule has 1 aromatic heterocycles. The molecule has 0 fully saturated rings. The SMILES string of the molecule is COCCOCc1cc(C(=O)Nn2cnc3ccccc32)ccc1F. The van der Waals surface area contributed by atoms with Crippen LogP contribution in [0.15, 0.2) is 48.8 Å². The van der Waals surface area contributed by atoms with Crippen LogP contribution in [0.25, 0.3) is 11.0 Å². The number of imidazole rings is 1. The number of benzene rings is 2. The van der Waals surface area contributed by atoms with Gasteiger partial charge in [-0.2, -0.15) is 0 Å². The number of hydrogen-bond acceptors (Lipinski definition) is 4. The van der Waals surface area contributed by atoms with Crippen molar-refractivity contribution in [2.75, 3.05) is 25.7 Å². The second-order valence-corrected chi connectivity index (χ2v) is 5.40. The highest BCUT2D eigenvalue weighted by molar-refractivity contribution is 6.00. The third kappa shape index (κ3) is 4.01. The van der Waals surface area contributed by atoms with Gasteiger partial charge in [-0.25, -0.2) is 14.1 Å². The Morgan fingerprint density at radius 3 is 2.92 bits per heavy atom. The average Bonchev–Trinajstić information content (AvgIpc) is 3.03. The summed E-state index contributed by atoms with van der Waals surface area (Å²) in [7, 11) is 1.56. The van der Waals surface area contributed by atoms with Gasteiger partial charge < -0.3 is 9.47 Å². The van der Waals surface area contributed by atoms with E-state index in [1.165, 1.54) is 29.2 Å². The van der Waals surface area contributed by atoms with Crippen molar-refractivity contribution in [3.63, 3.8) is 0 Å². The van der Waals surface area contributed by atoms with Gasteiger partial charge in [-0.1, -0.05) is 12.1 Å². The maximum atomic E-state index is 13.9. The van der Waals surface area contributed by atoms with Gasteiger partial charge in [0.05, 0.1) is 30.9 Å². The van der Waals surface area contributed by atoms with E-state index in [0.717, 1.165) is 11.0 Å². The smallest absolute Gasteiger partial charge is 0.270 e. The van der Waals surface area contributed by atoms with Crippen LogP contribution >= 0.6 is 0 Å². The van der Waals surface area contributed by atoms with Crippen LogP contribution < -0.4 is 5.43 Å². The number of carbonyl (C=O) groups excluding carboxylic acids is 1. The molecule has 0 saturated heterocycles. The Balaban J connectivity index is 1.73. The fraction of sp³-hybridized carbons (Fsp3) is 0.222. The number of amides is 1. The molecule has 0 aliphatic carbocycles. The highest BCUT2D eigenvalue weighted by Gasteiger charge is 2.12. The molecule has 6 nitrogen and oxygen atoms in total. The molecule has 0 atom stereocenters. The lowest BCUT2D eigenvalue weighted by atomic mass is 10.1. The molecule has 130 valence electrons. The van der Waals surface area contributed by atoms with Crippen molar-refractivity contribution >= 4 is 16.9 Å². The number of para-hydroxylation sites is 2. The van der Waals surface area contributed by atoms with Crippen molar-refractivity contribution in [1.82, 2.24) is 9.66 Å². The van der Waals surface area contributed by atoms with Gasteiger partial charge in [-0.15, -0.1) is 0 Å². The Bertz CT molecular complexity index is 879. The fourth-order valence-electron chi connectivity index (χ4n) is 2.37. The molecule has 0 aliphatic heterocycles. The van der Waals surface area contributed by atoms with Crippen molar-refractivity contribution < 1.29 is 18.7 Å². The number of aromatic nitrogens is 2. The zero-order chi connectivity index (χ0) is 17.6. The minimum absolute atomic E-state index is 0.0737. The Morgan fingerprint density at radius 2 is 2.08 bits per heavy atom. The predicted octanol–water partition coefficient (Wildman–Crippen LogP) is 2.72. The van der Waals surface area contributed by atoms with Crippen molar-refractivity contribution in [1.29, 1.82) is 0 Å². The molecule has 2 aromatic carbocycles. The van der Waals surface area contributed by atoms with E-state index in [4.69, 9.17) is 9.47 Å². The van der Waals surface area contributed by atoms with Crippen LogP contribution in [0.3, 0.4) is 0 Å². The van der Waals surface area contributed by atoms with Crippen LogP contribution in [0.1, 0.15) is 15.9 Å². The highest BCUT2D eigenvalue weighted by atomic mass is 19.1. The highest BCUT2D eigenvalue weighted by Crippen LogP contribution is 2.14. The summed E-state index contributed by atoms with van der Waals surface area (Å²) in [5.74, 6) is -0.775. The van der Waals surface area contributed by atoms with E-state index in [2.05, 4.69) is 10.4 Å². The second-order valence-electron chi connectivity index (χ2n) is 5.40. The van der Waals surface area contributed by atoms with Gasteiger partial charge in [0.25, 0.3) is 5.91 Å². The number of halogens is 1. The molecular formula is C18H18FN3O3. The summed E-state index contributed by atoms with van der Waals surface area (Å²) in [4.78, 5) is 16.7. The fourth-order valence-corrected chi connectivity index (χ4v) is 2.37. The Kier molecular flexibility index (Phi) is 5.37. The summed E-state index contributed by atoms with van der Waals surface area (Å²) in [5.41, 5.74) is 4.94. The van der Waals surface area contributed by atoms with E-state index in [-0.39, 0.29) is 12.5 Å². The number of ether oxygens (including phenoxy) is 2. The number of nitrogens with one attached hydrogen (secondary N) is 1. The summed E-state index contributed by atoms with van der Waals surface area (Å²) in [6.45, 7) is 0.854. The molecule has 1 heterocycles. The zero-order valence-electron chi connectivity index (χ0n) is 13.7. The van der Waals surface area contributed by atoms with Crippen LogP contribution in [0, 0.1) is 5.82 Å². The maximum Gasteiger partial charge on any atom is 0.270 e. The van der Waals surface area contributed by atoms with E-state index >= 15 is 0 Å². The number of fused-ring (bicyclic) bond motifs is 1. The number of hydrogen-bond donors (Lipinski definition) is 1. The van der Waals surface area contributed by atoms with Gasteiger partial charge in [-0.05, 0) is 30.3 Å². The predicted molar refractivity (Wildman–Crippen MR) is 91.4 cm³/mol. The first kappa shape index (κ1) is 17.1. The molecule has 3 rings (SSSR count). The van der Waals surface area contributed by atoms with Gasteiger partial charge in [0.2, 0.25) is 0 Å². The molecule has 0 aliphatic rings. The molecule has 0 saturated carbocycles. The first-order valence-corrected chi connectivity index (χ1v) is 7.77. The lowest BCUT2D eigenvalue weighted by molar-refractivity contribution is 0.0604. The molecule has 0 spiro atoms. The van der Waals surface area contributed by atoms with Crippen molar-refractivity contribution in [3.8, 4) is 0 Å². The normalized spacial score (nSPS) is 11.0. The summed E-state index contributed by atoms with van der Waals surface area (Å²) in [5, 5.41) is 0. The largest absolute Gasteiger partial charge is 0.382 e. The van der Waals surface area contributed by atoms with Crippen molar-refractivity contribution in [2.45, 2.75) is 6.61 Å². The van der Waals surface area contributed by atoms with E-state index in [1.807, 2.05) is 24.3 Å². The molecule has 7 heteroatoms. The first-order valence-electron chi connectivity index (χ1n) is 7.77. The minimum Gasteiger partial charge on any atom is -0.382 e. The van der Waals surface area contributed by atoms with Gasteiger partial charge in [0, 0.05) is 18.2 Å². The van der Waals surface area contributed by atoms with Crippen LogP contribution in [0.5, 0.6) is 0 Å². The topological polar surface area (TPSA) is 65.4 Å². The minimum atomic E-state index is -0.415. The van der Waals surface area contributed by atoms with Gasteiger partial charge >= 0.3 is 0 Å². The monoisotopic (exact) mass is 343 g/mol. The third-order valence-electron chi connectivity index (χ3n) is 3.67. The van der Waals surface area contributed by atoms with E-state index in [1.54, 1.807) is 7.11 Å². The Labute approximate surface area is 144 Å². The quantitative estimate of drug-likeness (QED) is 0.670. The van der Waals surface area contributed by atoms with Gasteiger partial charge in [-0.3, -0.25) is 10.2 Å². The Hall–Kier alpha value is -2.77. The zero-order valence-corrected chi connectivity index (χ0v) is 13.7. The number of carbonyl (C=O) groups is 1. The molecule has 0 bridgehead atoms. The molecular weight excluding hydrogens is 325 g/mol. The van der Waals surface area contributed by atoms with Crippen molar-refractivity contribution in [3.05, 3.63) is 65.7 Å². The van der Waals surface area contributed by atoms with Crippen LogP contribution in [-0.4, -0.2) is 35.9 Å². The number of methoxy groups -OCH3 is 1. The van der Waals surface area contributed by atoms with Crippen LogP contribution in [0.2, 0.25) is 0 Å². The number of nitrogens with zero attached hydrogens (tertiary/aromatic N) is 2. The molecule has 1 N–H and O–H groups in total. The van der Waals surface area contributed by atoms with E-state index < -0.39 is 5.82 Å². The first-order chi connectivity index (χ1) is 12.2. The second kappa shape index (κ2) is 7.87.